The van der Waals surface area contributed by atoms with Crippen LogP contribution in [0.5, 0.6) is 0 Å². The first kappa shape index (κ1) is 11.7. The van der Waals surface area contributed by atoms with E-state index >= 15 is 0 Å². The fourth-order valence-corrected chi connectivity index (χ4v) is 1.38. The maximum Gasteiger partial charge on any atom is 0.339 e. The Morgan fingerprint density at radius 1 is 1.27 bits per heavy atom. The highest BCUT2D eigenvalue weighted by atomic mass is 16.5. The number of carbonyl (C=O) groups excluding carboxylic acids is 1. The lowest BCUT2D eigenvalue weighted by atomic mass is 9.99. The molecular weight excluding hydrogens is 196 g/mol. The topological polar surface area (TPSA) is 66.8 Å². The molecule has 0 bridgehead atoms. The van der Waals surface area contributed by atoms with Gasteiger partial charge in [0.15, 0.2) is 6.10 Å². The Balaban J connectivity index is 3.07. The number of hydrogen-bond donors (Lipinski definition) is 2. The Morgan fingerprint density at radius 2 is 1.80 bits per heavy atom. The van der Waals surface area contributed by atoms with E-state index in [1.54, 1.807) is 31.2 Å². The second kappa shape index (κ2) is 4.91. The molecule has 0 amide bonds. The van der Waals surface area contributed by atoms with Crippen molar-refractivity contribution in [2.75, 3.05) is 7.11 Å². The first-order valence-electron chi connectivity index (χ1n) is 4.60. The predicted molar refractivity (Wildman–Crippen MR) is 54.1 cm³/mol. The van der Waals surface area contributed by atoms with Gasteiger partial charge in [0.1, 0.15) is 0 Å². The van der Waals surface area contributed by atoms with Gasteiger partial charge in [0.25, 0.3) is 0 Å². The molecule has 15 heavy (non-hydrogen) atoms. The monoisotopic (exact) mass is 210 g/mol. The molecule has 0 fully saturated rings. The van der Waals surface area contributed by atoms with Crippen LogP contribution < -0.4 is 0 Å². The zero-order chi connectivity index (χ0) is 11.4. The Morgan fingerprint density at radius 3 is 2.27 bits per heavy atom. The van der Waals surface area contributed by atoms with E-state index in [0.717, 1.165) is 0 Å². The summed E-state index contributed by atoms with van der Waals surface area (Å²) in [6, 6.07) is 6.67. The molecule has 82 valence electrons. The minimum absolute atomic E-state index is 0.374. The molecule has 0 radical (unpaired) electrons. The van der Waals surface area contributed by atoms with E-state index in [-0.39, 0.29) is 0 Å². The summed E-state index contributed by atoms with van der Waals surface area (Å²) in [5.74, 6) is -0.733. The molecule has 0 aliphatic heterocycles. The highest BCUT2D eigenvalue weighted by Gasteiger charge is 2.21. The third kappa shape index (κ3) is 2.55. The molecule has 2 N–H and O–H groups in total. The van der Waals surface area contributed by atoms with Crippen LogP contribution in [0.3, 0.4) is 0 Å². The largest absolute Gasteiger partial charge is 0.467 e. The molecule has 0 saturated heterocycles. The van der Waals surface area contributed by atoms with Crippen molar-refractivity contribution in [3.8, 4) is 0 Å². The molecule has 0 aliphatic rings. The number of ether oxygens (including phenoxy) is 1. The van der Waals surface area contributed by atoms with Crippen LogP contribution in [0.15, 0.2) is 24.3 Å². The lowest BCUT2D eigenvalue weighted by molar-refractivity contribution is -0.150. The van der Waals surface area contributed by atoms with Crippen molar-refractivity contribution in [3.63, 3.8) is 0 Å². The molecular formula is C11H14O4. The van der Waals surface area contributed by atoms with Gasteiger partial charge in [-0.1, -0.05) is 24.3 Å². The maximum atomic E-state index is 11.1. The van der Waals surface area contributed by atoms with Gasteiger partial charge >= 0.3 is 5.97 Å². The van der Waals surface area contributed by atoms with Crippen molar-refractivity contribution in [1.82, 2.24) is 0 Å². The van der Waals surface area contributed by atoms with Crippen LogP contribution in [0.2, 0.25) is 0 Å². The van der Waals surface area contributed by atoms with Crippen LogP contribution in [-0.2, 0) is 9.53 Å². The summed E-state index contributed by atoms with van der Waals surface area (Å²) in [6.07, 6.45) is -2.08. The standard InChI is InChI=1S/C11H14O4/c1-7(12)8-5-3-4-6-9(8)10(13)11(14)15-2/h3-7,10,12-13H,1-2H3. The summed E-state index contributed by atoms with van der Waals surface area (Å²) in [6.45, 7) is 1.57. The summed E-state index contributed by atoms with van der Waals surface area (Å²) in [5.41, 5.74) is 0.898. The van der Waals surface area contributed by atoms with E-state index in [1.165, 1.54) is 7.11 Å². The van der Waals surface area contributed by atoms with Gasteiger partial charge in [-0.15, -0.1) is 0 Å². The SMILES string of the molecule is COC(=O)C(O)c1ccccc1C(C)O. The van der Waals surface area contributed by atoms with Gasteiger partial charge in [0.2, 0.25) is 0 Å². The summed E-state index contributed by atoms with van der Waals surface area (Å²) in [5, 5.41) is 19.1. The third-order valence-electron chi connectivity index (χ3n) is 2.17. The van der Waals surface area contributed by atoms with Crippen LogP contribution in [0.4, 0.5) is 0 Å². The van der Waals surface area contributed by atoms with Gasteiger partial charge in [-0.2, -0.15) is 0 Å². The Kier molecular flexibility index (Phi) is 3.82. The smallest absolute Gasteiger partial charge is 0.339 e. The van der Waals surface area contributed by atoms with Crippen molar-refractivity contribution >= 4 is 5.97 Å². The number of esters is 1. The third-order valence-corrected chi connectivity index (χ3v) is 2.17. The molecule has 2 unspecified atom stereocenters. The number of benzene rings is 1. The number of hydrogen-bond acceptors (Lipinski definition) is 4. The Bertz CT molecular complexity index is 346. The minimum atomic E-state index is -1.35. The first-order valence-corrected chi connectivity index (χ1v) is 4.60. The first-order chi connectivity index (χ1) is 7.07. The molecule has 1 aromatic carbocycles. The fourth-order valence-electron chi connectivity index (χ4n) is 1.38. The summed E-state index contributed by atoms with van der Waals surface area (Å²) in [7, 11) is 1.20. The normalized spacial score (nSPS) is 14.4. The lowest BCUT2D eigenvalue weighted by Crippen LogP contribution is -2.15. The molecule has 1 aromatic rings. The van der Waals surface area contributed by atoms with Crippen molar-refractivity contribution < 1.29 is 19.7 Å². The average molecular weight is 210 g/mol. The number of rotatable bonds is 3. The van der Waals surface area contributed by atoms with E-state index in [4.69, 9.17) is 0 Å². The fraction of sp³-hybridized carbons (Fsp3) is 0.364. The van der Waals surface area contributed by atoms with E-state index in [1.807, 2.05) is 0 Å². The van der Waals surface area contributed by atoms with E-state index in [2.05, 4.69) is 4.74 Å². The van der Waals surface area contributed by atoms with E-state index < -0.39 is 18.2 Å². The maximum absolute atomic E-state index is 11.1. The number of aliphatic hydroxyl groups is 2. The van der Waals surface area contributed by atoms with Gasteiger partial charge in [0, 0.05) is 0 Å². The molecule has 0 saturated carbocycles. The Labute approximate surface area is 88.1 Å². The quantitative estimate of drug-likeness (QED) is 0.729. The van der Waals surface area contributed by atoms with Crippen molar-refractivity contribution in [3.05, 3.63) is 35.4 Å². The zero-order valence-corrected chi connectivity index (χ0v) is 8.68. The van der Waals surface area contributed by atoms with E-state index in [9.17, 15) is 15.0 Å². The highest BCUT2D eigenvalue weighted by molar-refractivity contribution is 5.76. The minimum Gasteiger partial charge on any atom is -0.467 e. The van der Waals surface area contributed by atoms with Crippen LogP contribution in [-0.4, -0.2) is 23.3 Å². The van der Waals surface area contributed by atoms with Gasteiger partial charge in [0.05, 0.1) is 13.2 Å². The van der Waals surface area contributed by atoms with E-state index in [0.29, 0.717) is 11.1 Å². The Hall–Kier alpha value is -1.39. The average Bonchev–Trinajstić information content (AvgIpc) is 2.27. The predicted octanol–water partition coefficient (Wildman–Crippen LogP) is 0.946. The summed E-state index contributed by atoms with van der Waals surface area (Å²) >= 11 is 0. The molecule has 0 spiro atoms. The lowest BCUT2D eigenvalue weighted by Gasteiger charge is -2.15. The molecule has 1 rings (SSSR count). The highest BCUT2D eigenvalue weighted by Crippen LogP contribution is 2.24. The van der Waals surface area contributed by atoms with Crippen molar-refractivity contribution in [2.45, 2.75) is 19.1 Å². The van der Waals surface area contributed by atoms with Gasteiger partial charge in [-0.25, -0.2) is 4.79 Å². The molecule has 0 aromatic heterocycles. The zero-order valence-electron chi connectivity index (χ0n) is 8.68. The van der Waals surface area contributed by atoms with Gasteiger partial charge in [-0.3, -0.25) is 0 Å². The van der Waals surface area contributed by atoms with Crippen LogP contribution in [0.1, 0.15) is 30.3 Å². The number of aliphatic hydroxyl groups excluding tert-OH is 2. The molecule has 2 atom stereocenters. The van der Waals surface area contributed by atoms with Crippen LogP contribution >= 0.6 is 0 Å². The molecule has 0 heterocycles. The molecule has 4 heteroatoms. The van der Waals surface area contributed by atoms with Crippen LogP contribution in [0, 0.1) is 0 Å². The van der Waals surface area contributed by atoms with Gasteiger partial charge in [-0.05, 0) is 18.1 Å². The summed E-state index contributed by atoms with van der Waals surface area (Å²) in [4.78, 5) is 11.1. The van der Waals surface area contributed by atoms with Crippen LogP contribution in [0.25, 0.3) is 0 Å². The number of carbonyl (C=O) groups is 1. The molecule has 4 nitrogen and oxygen atoms in total. The van der Waals surface area contributed by atoms with Crippen molar-refractivity contribution in [1.29, 1.82) is 0 Å². The van der Waals surface area contributed by atoms with Gasteiger partial charge < -0.3 is 14.9 Å². The van der Waals surface area contributed by atoms with Crippen molar-refractivity contribution in [2.24, 2.45) is 0 Å². The second-order valence-electron chi connectivity index (χ2n) is 3.23. The number of methoxy groups -OCH3 is 1. The molecule has 0 aliphatic carbocycles. The second-order valence-corrected chi connectivity index (χ2v) is 3.23. The summed E-state index contributed by atoms with van der Waals surface area (Å²) < 4.78 is 4.43.